The lowest BCUT2D eigenvalue weighted by molar-refractivity contribution is -0.130. The van der Waals surface area contributed by atoms with Gasteiger partial charge in [-0.3, -0.25) is 4.79 Å². The van der Waals surface area contributed by atoms with Crippen LogP contribution < -0.4 is 4.74 Å². The minimum Gasteiger partial charge on any atom is -0.492 e. The second-order valence-corrected chi connectivity index (χ2v) is 8.53. The van der Waals surface area contributed by atoms with Gasteiger partial charge in [0, 0.05) is 14.1 Å². The molecule has 0 bridgehead atoms. The highest BCUT2D eigenvalue weighted by Gasteiger charge is 2.24. The summed E-state index contributed by atoms with van der Waals surface area (Å²) in [6.07, 6.45) is 0. The zero-order valence-corrected chi connectivity index (χ0v) is 17.0. The molecule has 0 saturated carbocycles. The molecule has 0 aromatic heterocycles. The lowest BCUT2D eigenvalue weighted by Crippen LogP contribution is -2.40. The van der Waals surface area contributed by atoms with Crippen LogP contribution in [0.3, 0.4) is 0 Å². The molecule has 0 N–H and O–H groups in total. The largest absolute Gasteiger partial charge is 0.492 e. The normalized spacial score (nSPS) is 11.4. The summed E-state index contributed by atoms with van der Waals surface area (Å²) >= 11 is 0. The fourth-order valence-electron chi connectivity index (χ4n) is 2.39. The Balaban J connectivity index is 1.92. The van der Waals surface area contributed by atoms with E-state index >= 15 is 0 Å². The maximum Gasteiger partial charge on any atom is 0.243 e. The molecule has 2 aromatic rings. The van der Waals surface area contributed by atoms with Gasteiger partial charge in [-0.2, -0.15) is 4.31 Å². The molecule has 0 aliphatic heterocycles. The van der Waals surface area contributed by atoms with E-state index in [4.69, 9.17) is 4.74 Å². The molecule has 6 nitrogen and oxygen atoms in total. The SMILES string of the molecule is Cc1ccc(S(=O)(=O)N(C)CC(=O)N(C)CCOc2ccccc2)cc1C. The number of benzene rings is 2. The average Bonchev–Trinajstić information content (AvgIpc) is 2.64. The van der Waals surface area contributed by atoms with Gasteiger partial charge in [0.2, 0.25) is 15.9 Å². The number of sulfonamides is 1. The third kappa shape index (κ3) is 5.55. The maximum absolute atomic E-state index is 12.7. The van der Waals surface area contributed by atoms with Gasteiger partial charge in [0.15, 0.2) is 0 Å². The summed E-state index contributed by atoms with van der Waals surface area (Å²) in [7, 11) is -0.670. The van der Waals surface area contributed by atoms with Crippen molar-refractivity contribution in [3.63, 3.8) is 0 Å². The third-order valence-electron chi connectivity index (χ3n) is 4.41. The molecular formula is C20H26N2O4S. The number of carbonyl (C=O) groups excluding carboxylic acids is 1. The minimum atomic E-state index is -3.72. The first-order valence-electron chi connectivity index (χ1n) is 8.67. The summed E-state index contributed by atoms with van der Waals surface area (Å²) in [5.74, 6) is 0.439. The Morgan fingerprint density at radius 1 is 1.00 bits per heavy atom. The van der Waals surface area contributed by atoms with Gasteiger partial charge in [0.1, 0.15) is 12.4 Å². The number of hydrogen-bond donors (Lipinski definition) is 0. The summed E-state index contributed by atoms with van der Waals surface area (Å²) in [6.45, 7) is 4.26. The van der Waals surface area contributed by atoms with E-state index in [2.05, 4.69) is 0 Å². The van der Waals surface area contributed by atoms with E-state index in [9.17, 15) is 13.2 Å². The maximum atomic E-state index is 12.7. The van der Waals surface area contributed by atoms with Crippen molar-refractivity contribution < 1.29 is 17.9 Å². The van der Waals surface area contributed by atoms with Gasteiger partial charge in [0.05, 0.1) is 18.0 Å². The molecule has 0 spiro atoms. The Kier molecular flexibility index (Phi) is 6.98. The summed E-state index contributed by atoms with van der Waals surface area (Å²) < 4.78 is 32.0. The second-order valence-electron chi connectivity index (χ2n) is 6.48. The number of hydrogen-bond acceptors (Lipinski definition) is 4. The van der Waals surface area contributed by atoms with E-state index in [0.717, 1.165) is 21.2 Å². The van der Waals surface area contributed by atoms with Crippen LogP contribution in [-0.2, 0) is 14.8 Å². The number of para-hydroxylation sites is 1. The molecular weight excluding hydrogens is 364 g/mol. The Morgan fingerprint density at radius 2 is 1.67 bits per heavy atom. The molecule has 0 saturated heterocycles. The van der Waals surface area contributed by atoms with Crippen LogP contribution in [0.5, 0.6) is 5.75 Å². The predicted octanol–water partition coefficient (Wildman–Crippen LogP) is 2.46. The molecule has 0 aliphatic rings. The van der Waals surface area contributed by atoms with Crippen molar-refractivity contribution in [2.75, 3.05) is 33.8 Å². The molecule has 0 fully saturated rings. The molecule has 1 amide bonds. The van der Waals surface area contributed by atoms with E-state index < -0.39 is 10.0 Å². The fraction of sp³-hybridized carbons (Fsp3) is 0.350. The number of ether oxygens (including phenoxy) is 1. The topological polar surface area (TPSA) is 66.9 Å². The summed E-state index contributed by atoms with van der Waals surface area (Å²) in [5, 5.41) is 0. The number of carbonyl (C=O) groups is 1. The van der Waals surface area contributed by atoms with Crippen molar-refractivity contribution in [2.24, 2.45) is 0 Å². The van der Waals surface area contributed by atoms with Crippen LogP contribution in [-0.4, -0.2) is 57.3 Å². The molecule has 2 aromatic carbocycles. The first kappa shape index (κ1) is 20.9. The molecule has 0 radical (unpaired) electrons. The van der Waals surface area contributed by atoms with Gasteiger partial charge >= 0.3 is 0 Å². The van der Waals surface area contributed by atoms with Gasteiger partial charge < -0.3 is 9.64 Å². The van der Waals surface area contributed by atoms with Crippen LogP contribution in [0, 0.1) is 13.8 Å². The van der Waals surface area contributed by atoms with Crippen LogP contribution in [0.25, 0.3) is 0 Å². The van der Waals surface area contributed by atoms with Crippen molar-refractivity contribution in [3.8, 4) is 5.75 Å². The fourth-order valence-corrected chi connectivity index (χ4v) is 3.60. The lowest BCUT2D eigenvalue weighted by Gasteiger charge is -2.22. The molecule has 0 heterocycles. The number of amides is 1. The lowest BCUT2D eigenvalue weighted by atomic mass is 10.1. The number of likely N-dealkylation sites (N-methyl/N-ethyl adjacent to an activating group) is 2. The Morgan fingerprint density at radius 3 is 2.30 bits per heavy atom. The van der Waals surface area contributed by atoms with E-state index in [1.165, 1.54) is 11.9 Å². The highest BCUT2D eigenvalue weighted by molar-refractivity contribution is 7.89. The smallest absolute Gasteiger partial charge is 0.243 e. The van der Waals surface area contributed by atoms with Gasteiger partial charge in [-0.25, -0.2) is 8.42 Å². The highest BCUT2D eigenvalue weighted by Crippen LogP contribution is 2.18. The van der Waals surface area contributed by atoms with Gasteiger partial charge in [-0.15, -0.1) is 0 Å². The van der Waals surface area contributed by atoms with E-state index in [1.54, 1.807) is 25.2 Å². The van der Waals surface area contributed by atoms with Crippen LogP contribution in [0.15, 0.2) is 53.4 Å². The quantitative estimate of drug-likeness (QED) is 0.694. The monoisotopic (exact) mass is 390 g/mol. The van der Waals surface area contributed by atoms with Crippen molar-refractivity contribution in [1.82, 2.24) is 9.21 Å². The van der Waals surface area contributed by atoms with Crippen LogP contribution in [0.4, 0.5) is 0 Å². The summed E-state index contributed by atoms with van der Waals surface area (Å²) in [5.41, 5.74) is 1.91. The second kappa shape index (κ2) is 9.01. The zero-order chi connectivity index (χ0) is 20.0. The minimum absolute atomic E-state index is 0.191. The van der Waals surface area contributed by atoms with Crippen molar-refractivity contribution >= 4 is 15.9 Å². The summed E-state index contributed by atoms with van der Waals surface area (Å²) in [6, 6.07) is 14.3. The molecule has 0 unspecified atom stereocenters. The van der Waals surface area contributed by atoms with Crippen LogP contribution in [0.1, 0.15) is 11.1 Å². The Hall–Kier alpha value is -2.38. The Bertz CT molecular complexity index is 882. The third-order valence-corrected chi connectivity index (χ3v) is 6.21. The first-order valence-corrected chi connectivity index (χ1v) is 10.1. The zero-order valence-electron chi connectivity index (χ0n) is 16.2. The standard InChI is InChI=1S/C20H26N2O4S/c1-16-10-11-19(14-17(16)2)27(24,25)22(4)15-20(23)21(3)12-13-26-18-8-6-5-7-9-18/h5-11,14H,12-13,15H2,1-4H3. The van der Waals surface area contributed by atoms with Crippen molar-refractivity contribution in [1.29, 1.82) is 0 Å². The van der Waals surface area contributed by atoms with E-state index in [-0.39, 0.29) is 17.3 Å². The molecule has 2 rings (SSSR count). The number of rotatable bonds is 8. The number of aryl methyl sites for hydroxylation is 2. The Labute approximate surface area is 161 Å². The summed E-state index contributed by atoms with van der Waals surface area (Å²) in [4.78, 5) is 14.0. The average molecular weight is 391 g/mol. The van der Waals surface area contributed by atoms with Gasteiger partial charge in [-0.05, 0) is 49.2 Å². The van der Waals surface area contributed by atoms with Gasteiger partial charge in [0.25, 0.3) is 0 Å². The molecule has 0 atom stereocenters. The predicted molar refractivity (Wildman–Crippen MR) is 105 cm³/mol. The molecule has 7 heteroatoms. The highest BCUT2D eigenvalue weighted by atomic mass is 32.2. The number of nitrogens with zero attached hydrogens (tertiary/aromatic N) is 2. The van der Waals surface area contributed by atoms with Crippen molar-refractivity contribution in [3.05, 3.63) is 59.7 Å². The van der Waals surface area contributed by atoms with Crippen LogP contribution in [0.2, 0.25) is 0 Å². The molecule has 0 aliphatic carbocycles. The van der Waals surface area contributed by atoms with Crippen LogP contribution >= 0.6 is 0 Å². The first-order chi connectivity index (χ1) is 12.7. The van der Waals surface area contributed by atoms with E-state index in [1.807, 2.05) is 44.2 Å². The molecule has 146 valence electrons. The van der Waals surface area contributed by atoms with E-state index in [0.29, 0.717) is 13.2 Å². The molecule has 27 heavy (non-hydrogen) atoms. The van der Waals surface area contributed by atoms with Gasteiger partial charge in [-0.1, -0.05) is 24.3 Å². The van der Waals surface area contributed by atoms with Crippen molar-refractivity contribution in [2.45, 2.75) is 18.7 Å².